The van der Waals surface area contributed by atoms with Crippen LogP contribution in [0.3, 0.4) is 0 Å². The molecule has 0 radical (unpaired) electrons. The fourth-order valence-electron chi connectivity index (χ4n) is 1.90. The molecule has 9 heteroatoms. The zero-order valence-electron chi connectivity index (χ0n) is 14.6. The minimum atomic E-state index is -0.797. The van der Waals surface area contributed by atoms with Gasteiger partial charge in [-0.15, -0.1) is 4.73 Å². The molecule has 0 saturated heterocycles. The maximum absolute atomic E-state index is 12.1. The molecule has 2 rings (SSSR count). The van der Waals surface area contributed by atoms with Gasteiger partial charge in [-0.2, -0.15) is 5.48 Å². The fraction of sp³-hybridized carbons (Fsp3) is 0.294. The third-order valence-corrected chi connectivity index (χ3v) is 2.93. The molecule has 0 unspecified atom stereocenters. The SMILES string of the molecule is CC(C)(C)OC(=O)NOCc1cccc(C(=O)On2c(O)ccc2O)c1. The molecule has 2 aromatic rings. The van der Waals surface area contributed by atoms with Crippen molar-refractivity contribution >= 4 is 12.1 Å². The second-order valence-corrected chi connectivity index (χ2v) is 6.32. The average molecular weight is 364 g/mol. The molecule has 1 aromatic carbocycles. The van der Waals surface area contributed by atoms with E-state index in [1.54, 1.807) is 32.9 Å². The van der Waals surface area contributed by atoms with Gasteiger partial charge in [0.1, 0.15) is 5.60 Å². The molecule has 0 aliphatic rings. The van der Waals surface area contributed by atoms with Crippen molar-refractivity contribution in [1.82, 2.24) is 10.2 Å². The Balaban J connectivity index is 1.93. The quantitative estimate of drug-likeness (QED) is 0.695. The summed E-state index contributed by atoms with van der Waals surface area (Å²) in [6, 6.07) is 8.60. The number of rotatable bonds is 5. The zero-order chi connectivity index (χ0) is 19.3. The predicted molar refractivity (Wildman–Crippen MR) is 89.3 cm³/mol. The third-order valence-electron chi connectivity index (χ3n) is 2.93. The topological polar surface area (TPSA) is 119 Å². The van der Waals surface area contributed by atoms with Crippen molar-refractivity contribution in [1.29, 1.82) is 0 Å². The number of aromatic nitrogens is 1. The maximum atomic E-state index is 12.1. The van der Waals surface area contributed by atoms with Crippen LogP contribution in [0.25, 0.3) is 0 Å². The molecule has 0 spiro atoms. The van der Waals surface area contributed by atoms with Crippen molar-refractivity contribution in [3.63, 3.8) is 0 Å². The van der Waals surface area contributed by atoms with Crippen molar-refractivity contribution in [3.05, 3.63) is 47.5 Å². The van der Waals surface area contributed by atoms with Crippen LogP contribution in [0.1, 0.15) is 36.7 Å². The van der Waals surface area contributed by atoms with Gasteiger partial charge in [0.2, 0.25) is 11.8 Å². The minimum absolute atomic E-state index is 0.0135. The molecule has 0 saturated carbocycles. The molecule has 26 heavy (non-hydrogen) atoms. The van der Waals surface area contributed by atoms with Crippen molar-refractivity contribution in [2.45, 2.75) is 33.0 Å². The predicted octanol–water partition coefficient (Wildman–Crippen LogP) is 2.12. The van der Waals surface area contributed by atoms with E-state index in [0.717, 1.165) is 0 Å². The molecule has 0 bridgehead atoms. The Morgan fingerprint density at radius 2 is 1.77 bits per heavy atom. The number of carbonyl (C=O) groups excluding carboxylic acids is 2. The molecule has 1 amide bonds. The van der Waals surface area contributed by atoms with Crippen LogP contribution in [-0.4, -0.2) is 32.6 Å². The molecular weight excluding hydrogens is 344 g/mol. The Hall–Kier alpha value is -3.20. The molecule has 0 aliphatic carbocycles. The van der Waals surface area contributed by atoms with Gasteiger partial charge in [0.25, 0.3) is 0 Å². The Morgan fingerprint density at radius 1 is 1.12 bits per heavy atom. The summed E-state index contributed by atoms with van der Waals surface area (Å²) in [6.45, 7) is 5.16. The highest BCUT2D eigenvalue weighted by Crippen LogP contribution is 2.19. The summed E-state index contributed by atoms with van der Waals surface area (Å²) >= 11 is 0. The van der Waals surface area contributed by atoms with E-state index in [4.69, 9.17) is 14.4 Å². The molecule has 1 aromatic heterocycles. The van der Waals surface area contributed by atoms with Gasteiger partial charge in [-0.1, -0.05) is 12.1 Å². The average Bonchev–Trinajstić information content (AvgIpc) is 2.85. The monoisotopic (exact) mass is 364 g/mol. The Labute approximate surface area is 149 Å². The Kier molecular flexibility index (Phi) is 5.73. The number of hydrogen-bond acceptors (Lipinski definition) is 7. The van der Waals surface area contributed by atoms with Gasteiger partial charge in [-0.05, 0) is 38.5 Å². The molecule has 0 atom stereocenters. The normalized spacial score (nSPS) is 11.0. The number of aromatic hydroxyl groups is 2. The lowest BCUT2D eigenvalue weighted by Gasteiger charge is -2.19. The minimum Gasteiger partial charge on any atom is -0.492 e. The molecule has 140 valence electrons. The summed E-state index contributed by atoms with van der Waals surface area (Å²) in [5.74, 6) is -1.64. The summed E-state index contributed by atoms with van der Waals surface area (Å²) in [7, 11) is 0. The van der Waals surface area contributed by atoms with E-state index in [2.05, 4.69) is 5.48 Å². The number of carbonyl (C=O) groups is 2. The van der Waals surface area contributed by atoms with Crippen LogP contribution in [0.5, 0.6) is 11.8 Å². The maximum Gasteiger partial charge on any atom is 0.431 e. The number of benzene rings is 1. The number of nitrogens with one attached hydrogen (secondary N) is 1. The first-order valence-corrected chi connectivity index (χ1v) is 7.68. The van der Waals surface area contributed by atoms with E-state index >= 15 is 0 Å². The van der Waals surface area contributed by atoms with Crippen LogP contribution in [0.4, 0.5) is 4.79 Å². The molecule has 9 nitrogen and oxygen atoms in total. The number of amides is 1. The van der Waals surface area contributed by atoms with E-state index in [9.17, 15) is 19.8 Å². The standard InChI is InChI=1S/C17H20N2O7/c1-17(2,3)25-16(23)18-24-10-11-5-4-6-12(9-11)15(22)26-19-13(20)7-8-14(19)21/h4-9,20-21H,10H2,1-3H3,(H,18,23). The van der Waals surface area contributed by atoms with Crippen molar-refractivity contribution in [2.24, 2.45) is 0 Å². The van der Waals surface area contributed by atoms with Crippen molar-refractivity contribution in [2.75, 3.05) is 0 Å². The molecule has 0 fully saturated rings. The molecule has 1 heterocycles. The zero-order valence-corrected chi connectivity index (χ0v) is 14.6. The second kappa shape index (κ2) is 7.79. The van der Waals surface area contributed by atoms with Crippen LogP contribution < -0.4 is 10.3 Å². The summed E-state index contributed by atoms with van der Waals surface area (Å²) in [5, 5.41) is 19.0. The summed E-state index contributed by atoms with van der Waals surface area (Å²) in [4.78, 5) is 33.5. The van der Waals surface area contributed by atoms with Crippen LogP contribution in [0.15, 0.2) is 36.4 Å². The summed E-state index contributed by atoms with van der Waals surface area (Å²) in [6.07, 6.45) is -0.730. The molecule has 0 aliphatic heterocycles. The van der Waals surface area contributed by atoms with Crippen LogP contribution in [0, 0.1) is 0 Å². The van der Waals surface area contributed by atoms with E-state index < -0.39 is 29.4 Å². The van der Waals surface area contributed by atoms with Gasteiger partial charge in [0.05, 0.1) is 12.2 Å². The fourth-order valence-corrected chi connectivity index (χ4v) is 1.90. The van der Waals surface area contributed by atoms with Gasteiger partial charge < -0.3 is 19.8 Å². The first kappa shape index (κ1) is 19.1. The lowest BCUT2D eigenvalue weighted by molar-refractivity contribution is -0.0137. The number of hydroxylamine groups is 1. The van der Waals surface area contributed by atoms with Gasteiger partial charge in [0.15, 0.2) is 0 Å². The lowest BCUT2D eigenvalue weighted by atomic mass is 10.1. The van der Waals surface area contributed by atoms with Crippen LogP contribution in [0.2, 0.25) is 0 Å². The van der Waals surface area contributed by atoms with E-state index in [1.165, 1.54) is 24.3 Å². The van der Waals surface area contributed by atoms with Gasteiger partial charge in [0, 0.05) is 12.1 Å². The van der Waals surface area contributed by atoms with Gasteiger partial charge >= 0.3 is 12.1 Å². The van der Waals surface area contributed by atoms with E-state index in [0.29, 0.717) is 10.3 Å². The lowest BCUT2D eigenvalue weighted by Crippen LogP contribution is -2.32. The Morgan fingerprint density at radius 3 is 2.38 bits per heavy atom. The van der Waals surface area contributed by atoms with Crippen molar-refractivity contribution in [3.8, 4) is 11.8 Å². The molecular formula is C17H20N2O7. The van der Waals surface area contributed by atoms with Gasteiger partial charge in [-0.25, -0.2) is 9.59 Å². The highest BCUT2D eigenvalue weighted by molar-refractivity contribution is 5.89. The summed E-state index contributed by atoms with van der Waals surface area (Å²) in [5.41, 5.74) is 2.24. The second-order valence-electron chi connectivity index (χ2n) is 6.32. The largest absolute Gasteiger partial charge is 0.492 e. The summed E-state index contributed by atoms with van der Waals surface area (Å²) < 4.78 is 5.61. The first-order chi connectivity index (χ1) is 12.2. The highest BCUT2D eigenvalue weighted by atomic mass is 16.7. The number of nitrogens with zero attached hydrogens (tertiary/aromatic N) is 1. The van der Waals surface area contributed by atoms with Gasteiger partial charge in [-0.3, -0.25) is 4.84 Å². The van der Waals surface area contributed by atoms with Crippen molar-refractivity contribution < 1.29 is 34.2 Å². The smallest absolute Gasteiger partial charge is 0.431 e. The highest BCUT2D eigenvalue weighted by Gasteiger charge is 2.17. The van der Waals surface area contributed by atoms with Crippen LogP contribution >= 0.6 is 0 Å². The van der Waals surface area contributed by atoms with Crippen LogP contribution in [-0.2, 0) is 16.2 Å². The number of hydrogen-bond donors (Lipinski definition) is 3. The first-order valence-electron chi connectivity index (χ1n) is 7.68. The Bertz CT molecular complexity index is 773. The molecule has 3 N–H and O–H groups in total. The van der Waals surface area contributed by atoms with E-state index in [-0.39, 0.29) is 12.2 Å². The van der Waals surface area contributed by atoms with E-state index in [1.807, 2.05) is 0 Å². The third kappa shape index (κ3) is 5.42. The number of ether oxygens (including phenoxy) is 1.